The molecule has 0 radical (unpaired) electrons. The summed E-state index contributed by atoms with van der Waals surface area (Å²) in [6, 6.07) is 21.4. The molecule has 0 aliphatic heterocycles. The van der Waals surface area contributed by atoms with Crippen LogP contribution in [0.3, 0.4) is 0 Å². The van der Waals surface area contributed by atoms with E-state index < -0.39 is 0 Å². The van der Waals surface area contributed by atoms with Gasteiger partial charge in [0, 0.05) is 5.39 Å². The number of benzene rings is 3. The maximum Gasteiger partial charge on any atom is 0.149 e. The van der Waals surface area contributed by atoms with Gasteiger partial charge in [0.1, 0.15) is 17.7 Å². The second-order valence-corrected chi connectivity index (χ2v) is 9.00. The minimum absolute atomic E-state index is 0.394. The molecular formula is C28H28N2O. The van der Waals surface area contributed by atoms with Crippen molar-refractivity contribution in [3.63, 3.8) is 0 Å². The molecule has 0 aliphatic carbocycles. The van der Waals surface area contributed by atoms with Gasteiger partial charge in [-0.15, -0.1) is 0 Å². The maximum atomic E-state index is 5.95. The standard InChI is InChI=1S/C28H28N2O/c1-17(2)20-9-8-10-21(18(3)4)27(20)30-25-12-7-6-11-24(25)29-28(30)23-16-31-26-14-13-19(5)15-22(23)26/h6-18H,1-5H3. The van der Waals surface area contributed by atoms with E-state index in [-0.39, 0.29) is 0 Å². The monoisotopic (exact) mass is 408 g/mol. The number of rotatable bonds is 4. The van der Waals surface area contributed by atoms with Gasteiger partial charge in [0.15, 0.2) is 0 Å². The highest BCUT2D eigenvalue weighted by Gasteiger charge is 2.23. The first-order valence-corrected chi connectivity index (χ1v) is 11.0. The van der Waals surface area contributed by atoms with E-state index in [0.29, 0.717) is 11.8 Å². The largest absolute Gasteiger partial charge is 0.464 e. The molecule has 2 heterocycles. The van der Waals surface area contributed by atoms with E-state index in [1.54, 1.807) is 0 Å². The lowest BCUT2D eigenvalue weighted by atomic mass is 9.92. The molecule has 2 aromatic heterocycles. The van der Waals surface area contributed by atoms with Crippen molar-refractivity contribution in [2.75, 3.05) is 0 Å². The second-order valence-electron chi connectivity index (χ2n) is 9.00. The number of nitrogens with zero attached hydrogens (tertiary/aromatic N) is 2. The molecule has 0 aliphatic rings. The Labute approximate surface area is 183 Å². The minimum Gasteiger partial charge on any atom is -0.464 e. The highest BCUT2D eigenvalue weighted by Crippen LogP contribution is 2.39. The van der Waals surface area contributed by atoms with Crippen LogP contribution >= 0.6 is 0 Å². The van der Waals surface area contributed by atoms with Crippen LogP contribution in [-0.2, 0) is 0 Å². The molecule has 0 N–H and O–H groups in total. The van der Waals surface area contributed by atoms with Crippen molar-refractivity contribution in [2.24, 2.45) is 0 Å². The molecule has 0 spiro atoms. The van der Waals surface area contributed by atoms with Crippen LogP contribution in [0.15, 0.2) is 71.3 Å². The van der Waals surface area contributed by atoms with Crippen molar-refractivity contribution in [1.29, 1.82) is 0 Å². The number of fused-ring (bicyclic) bond motifs is 2. The summed E-state index contributed by atoms with van der Waals surface area (Å²) in [5.41, 5.74) is 9.16. The number of aromatic nitrogens is 2. The number of hydrogen-bond donors (Lipinski definition) is 0. The summed E-state index contributed by atoms with van der Waals surface area (Å²) in [5, 5.41) is 1.10. The molecule has 3 heteroatoms. The van der Waals surface area contributed by atoms with Crippen LogP contribution in [0.2, 0.25) is 0 Å². The summed E-state index contributed by atoms with van der Waals surface area (Å²) < 4.78 is 8.30. The van der Waals surface area contributed by atoms with Gasteiger partial charge in [0.25, 0.3) is 0 Å². The molecule has 0 atom stereocenters. The molecule has 0 unspecified atom stereocenters. The molecule has 0 saturated heterocycles. The summed E-state index contributed by atoms with van der Waals surface area (Å²) in [6.07, 6.45) is 1.86. The molecule has 3 nitrogen and oxygen atoms in total. The molecule has 5 rings (SSSR count). The first-order chi connectivity index (χ1) is 15.0. The summed E-state index contributed by atoms with van der Waals surface area (Å²) in [4.78, 5) is 5.12. The van der Waals surface area contributed by atoms with Crippen molar-refractivity contribution < 1.29 is 4.42 Å². The maximum absolute atomic E-state index is 5.95. The Morgan fingerprint density at radius 2 is 1.55 bits per heavy atom. The van der Waals surface area contributed by atoms with Crippen LogP contribution in [0, 0.1) is 6.92 Å². The number of hydrogen-bond acceptors (Lipinski definition) is 2. The molecule has 31 heavy (non-hydrogen) atoms. The Morgan fingerprint density at radius 1 is 0.839 bits per heavy atom. The minimum atomic E-state index is 0.394. The third-order valence-corrected chi connectivity index (χ3v) is 6.10. The Kier molecular flexibility index (Phi) is 4.70. The van der Waals surface area contributed by atoms with E-state index in [9.17, 15) is 0 Å². The highest BCUT2D eigenvalue weighted by molar-refractivity contribution is 5.96. The molecule has 3 aromatic carbocycles. The zero-order valence-electron chi connectivity index (χ0n) is 18.8. The number of para-hydroxylation sites is 3. The smallest absolute Gasteiger partial charge is 0.149 e. The highest BCUT2D eigenvalue weighted by atomic mass is 16.3. The van der Waals surface area contributed by atoms with Gasteiger partial charge >= 0.3 is 0 Å². The van der Waals surface area contributed by atoms with Crippen molar-refractivity contribution in [1.82, 2.24) is 9.55 Å². The normalized spacial score (nSPS) is 12.0. The van der Waals surface area contributed by atoms with Gasteiger partial charge in [-0.2, -0.15) is 0 Å². The fourth-order valence-electron chi connectivity index (χ4n) is 4.52. The topological polar surface area (TPSA) is 31.0 Å². The fraction of sp³-hybridized carbons (Fsp3) is 0.250. The first kappa shape index (κ1) is 19.6. The summed E-state index contributed by atoms with van der Waals surface area (Å²) in [5.74, 6) is 1.72. The van der Waals surface area contributed by atoms with Gasteiger partial charge in [0.2, 0.25) is 0 Å². The summed E-state index contributed by atoms with van der Waals surface area (Å²) >= 11 is 0. The third-order valence-electron chi connectivity index (χ3n) is 6.10. The van der Waals surface area contributed by atoms with E-state index in [0.717, 1.165) is 33.4 Å². The number of furan rings is 1. The average molecular weight is 409 g/mol. The molecule has 5 aromatic rings. The van der Waals surface area contributed by atoms with Gasteiger partial charge in [-0.1, -0.05) is 69.7 Å². The molecule has 0 saturated carbocycles. The van der Waals surface area contributed by atoms with Gasteiger partial charge in [-0.05, 0) is 54.2 Å². The Bertz CT molecular complexity index is 1380. The lowest BCUT2D eigenvalue weighted by Gasteiger charge is -2.22. The average Bonchev–Trinajstić information content (AvgIpc) is 3.33. The van der Waals surface area contributed by atoms with Crippen LogP contribution in [-0.4, -0.2) is 9.55 Å². The zero-order valence-corrected chi connectivity index (χ0v) is 18.8. The zero-order chi connectivity index (χ0) is 21.7. The van der Waals surface area contributed by atoms with Gasteiger partial charge in [-0.25, -0.2) is 4.98 Å². The Balaban J connectivity index is 1.93. The fourth-order valence-corrected chi connectivity index (χ4v) is 4.52. The van der Waals surface area contributed by atoms with Crippen molar-refractivity contribution >= 4 is 22.0 Å². The van der Waals surface area contributed by atoms with Crippen LogP contribution < -0.4 is 0 Å². The van der Waals surface area contributed by atoms with E-state index in [1.165, 1.54) is 22.4 Å². The molecule has 0 amide bonds. The third kappa shape index (κ3) is 3.16. The summed E-state index contributed by atoms with van der Waals surface area (Å²) in [7, 11) is 0. The molecule has 156 valence electrons. The van der Waals surface area contributed by atoms with Crippen LogP contribution in [0.4, 0.5) is 0 Å². The van der Waals surface area contributed by atoms with Crippen LogP contribution in [0.5, 0.6) is 0 Å². The van der Waals surface area contributed by atoms with Crippen molar-refractivity contribution in [3.05, 3.63) is 83.6 Å². The first-order valence-electron chi connectivity index (χ1n) is 11.0. The lowest BCUT2D eigenvalue weighted by Crippen LogP contribution is -2.08. The SMILES string of the molecule is Cc1ccc2occ(-c3nc4ccccc4n3-c3c(C(C)C)cccc3C(C)C)c2c1. The molecular weight excluding hydrogens is 380 g/mol. The van der Waals surface area contributed by atoms with Gasteiger partial charge < -0.3 is 4.42 Å². The lowest BCUT2D eigenvalue weighted by molar-refractivity contribution is 0.616. The van der Waals surface area contributed by atoms with Crippen molar-refractivity contribution in [3.8, 4) is 17.1 Å². The van der Waals surface area contributed by atoms with E-state index in [4.69, 9.17) is 9.40 Å². The van der Waals surface area contributed by atoms with Crippen LogP contribution in [0.1, 0.15) is 56.2 Å². The Hall–Kier alpha value is -3.33. The summed E-state index contributed by atoms with van der Waals surface area (Å²) in [6.45, 7) is 11.2. The van der Waals surface area contributed by atoms with Crippen molar-refractivity contribution in [2.45, 2.75) is 46.5 Å². The Morgan fingerprint density at radius 3 is 2.26 bits per heavy atom. The second kappa shape index (κ2) is 7.42. The van der Waals surface area contributed by atoms with E-state index >= 15 is 0 Å². The van der Waals surface area contributed by atoms with Crippen LogP contribution in [0.25, 0.3) is 39.1 Å². The number of aryl methyl sites for hydroxylation is 1. The molecule has 0 fully saturated rings. The van der Waals surface area contributed by atoms with E-state index in [2.05, 4.69) is 93.8 Å². The van der Waals surface area contributed by atoms with Gasteiger partial charge in [-0.3, -0.25) is 4.57 Å². The number of imidazole rings is 1. The molecule has 0 bridgehead atoms. The van der Waals surface area contributed by atoms with E-state index in [1.807, 2.05) is 12.3 Å². The van der Waals surface area contributed by atoms with Gasteiger partial charge in [0.05, 0.1) is 22.3 Å². The predicted molar refractivity (Wildman–Crippen MR) is 129 cm³/mol. The quantitative estimate of drug-likeness (QED) is 0.302. The predicted octanol–water partition coefficient (Wildman–Crippen LogP) is 7.99.